The Labute approximate surface area is 112 Å². The van der Waals surface area contributed by atoms with Gasteiger partial charge in [-0.1, -0.05) is 30.3 Å². The normalized spacial score (nSPS) is 11.0. The second-order valence-corrected chi connectivity index (χ2v) is 5.24. The molecule has 2 rings (SSSR count). The number of hydrogen-bond donors (Lipinski definition) is 2. The van der Waals surface area contributed by atoms with E-state index >= 15 is 0 Å². The molecule has 0 aromatic heterocycles. The highest BCUT2D eigenvalue weighted by atomic mass is 32.2. The molecule has 0 aliphatic heterocycles. The van der Waals surface area contributed by atoms with Crippen LogP contribution in [0, 0.1) is 0 Å². The van der Waals surface area contributed by atoms with Crippen molar-refractivity contribution < 1.29 is 13.2 Å². The summed E-state index contributed by atoms with van der Waals surface area (Å²) in [4.78, 5) is 0. The van der Waals surface area contributed by atoms with Crippen LogP contribution in [0.3, 0.4) is 0 Å². The molecule has 0 bridgehead atoms. The molecule has 0 aliphatic carbocycles. The number of hydrogen-bond acceptors (Lipinski definition) is 3. The Morgan fingerprint density at radius 3 is 2.21 bits per heavy atom. The monoisotopic (exact) mass is 278 g/mol. The third-order valence-electron chi connectivity index (χ3n) is 2.36. The molecule has 6 heteroatoms. The minimum absolute atomic E-state index is 0.398. The molecular formula is C13H14N2O3S. The van der Waals surface area contributed by atoms with Gasteiger partial charge in [-0.15, -0.1) is 0 Å². The maximum Gasteiger partial charge on any atom is 0.296 e. The first-order valence-corrected chi connectivity index (χ1v) is 7.15. The molecule has 0 saturated heterocycles. The van der Waals surface area contributed by atoms with Crippen molar-refractivity contribution in [2.24, 2.45) is 5.14 Å². The summed E-state index contributed by atoms with van der Waals surface area (Å²) in [6.45, 7) is 0.461. The first kappa shape index (κ1) is 13.4. The maximum absolute atomic E-state index is 10.8. The van der Waals surface area contributed by atoms with Gasteiger partial charge in [0.05, 0.1) is 0 Å². The van der Waals surface area contributed by atoms with Crippen LogP contribution in [0.15, 0.2) is 54.6 Å². The fourth-order valence-electron chi connectivity index (χ4n) is 1.52. The Morgan fingerprint density at radius 2 is 1.63 bits per heavy atom. The van der Waals surface area contributed by atoms with Gasteiger partial charge in [0.15, 0.2) is 0 Å². The SMILES string of the molecule is NS(=O)(=O)Nc1ccc(OCc2ccccc2)cc1. The van der Waals surface area contributed by atoms with Crippen LogP contribution in [0.25, 0.3) is 0 Å². The molecule has 0 amide bonds. The Bertz CT molecular complexity index is 625. The van der Waals surface area contributed by atoms with E-state index in [-0.39, 0.29) is 0 Å². The zero-order valence-corrected chi connectivity index (χ0v) is 10.9. The summed E-state index contributed by atoms with van der Waals surface area (Å²) >= 11 is 0. The summed E-state index contributed by atoms with van der Waals surface area (Å²) in [7, 11) is -3.74. The lowest BCUT2D eigenvalue weighted by molar-refractivity contribution is 0.306. The van der Waals surface area contributed by atoms with Crippen molar-refractivity contribution >= 4 is 15.9 Å². The molecule has 0 saturated carbocycles. The first-order valence-electron chi connectivity index (χ1n) is 5.60. The van der Waals surface area contributed by atoms with Gasteiger partial charge in [-0.25, -0.2) is 5.14 Å². The molecule has 0 radical (unpaired) electrons. The summed E-state index contributed by atoms with van der Waals surface area (Å²) in [6.07, 6.45) is 0. The zero-order valence-electron chi connectivity index (χ0n) is 10.1. The van der Waals surface area contributed by atoms with E-state index in [1.54, 1.807) is 24.3 Å². The van der Waals surface area contributed by atoms with E-state index in [1.165, 1.54) is 0 Å². The van der Waals surface area contributed by atoms with Crippen LogP contribution in [0.5, 0.6) is 5.75 Å². The maximum atomic E-state index is 10.8. The smallest absolute Gasteiger partial charge is 0.296 e. The lowest BCUT2D eigenvalue weighted by atomic mass is 10.2. The number of rotatable bonds is 5. The van der Waals surface area contributed by atoms with Crippen molar-refractivity contribution in [1.82, 2.24) is 0 Å². The van der Waals surface area contributed by atoms with Crippen LogP contribution in [0.1, 0.15) is 5.56 Å². The quantitative estimate of drug-likeness (QED) is 0.876. The highest BCUT2D eigenvalue weighted by Crippen LogP contribution is 2.17. The molecule has 2 aromatic rings. The highest BCUT2D eigenvalue weighted by Gasteiger charge is 2.02. The summed E-state index contributed by atoms with van der Waals surface area (Å²) in [6, 6.07) is 16.3. The minimum atomic E-state index is -3.74. The first-order chi connectivity index (χ1) is 9.03. The summed E-state index contributed by atoms with van der Waals surface area (Å²) in [5.74, 6) is 0.656. The molecule has 19 heavy (non-hydrogen) atoms. The fraction of sp³-hybridized carbons (Fsp3) is 0.0769. The highest BCUT2D eigenvalue weighted by molar-refractivity contribution is 7.90. The van der Waals surface area contributed by atoms with Crippen LogP contribution in [-0.4, -0.2) is 8.42 Å². The van der Waals surface area contributed by atoms with Crippen molar-refractivity contribution in [1.29, 1.82) is 0 Å². The number of benzene rings is 2. The Hall–Kier alpha value is -2.05. The summed E-state index contributed by atoms with van der Waals surface area (Å²) < 4.78 is 29.4. The topological polar surface area (TPSA) is 81.4 Å². The van der Waals surface area contributed by atoms with Crippen LogP contribution < -0.4 is 14.6 Å². The third-order valence-corrected chi connectivity index (χ3v) is 2.88. The summed E-state index contributed by atoms with van der Waals surface area (Å²) in [5, 5.41) is 4.87. The number of ether oxygens (including phenoxy) is 1. The second kappa shape index (κ2) is 5.73. The molecule has 0 atom stereocenters. The number of nitrogens with one attached hydrogen (secondary N) is 1. The Kier molecular flexibility index (Phi) is 4.03. The van der Waals surface area contributed by atoms with Crippen LogP contribution in [0.4, 0.5) is 5.69 Å². The molecular weight excluding hydrogens is 264 g/mol. The van der Waals surface area contributed by atoms with Gasteiger partial charge in [-0.3, -0.25) is 4.72 Å². The molecule has 0 fully saturated rings. The van der Waals surface area contributed by atoms with E-state index in [0.717, 1.165) is 5.56 Å². The number of nitrogens with two attached hydrogens (primary N) is 1. The van der Waals surface area contributed by atoms with Gasteiger partial charge >= 0.3 is 0 Å². The van der Waals surface area contributed by atoms with Gasteiger partial charge in [-0.2, -0.15) is 8.42 Å². The van der Waals surface area contributed by atoms with Gasteiger partial charge in [0, 0.05) is 5.69 Å². The van der Waals surface area contributed by atoms with Gasteiger partial charge in [-0.05, 0) is 29.8 Å². The molecule has 0 aliphatic rings. The van der Waals surface area contributed by atoms with Crippen LogP contribution >= 0.6 is 0 Å². The molecule has 0 heterocycles. The van der Waals surface area contributed by atoms with Crippen molar-refractivity contribution in [3.8, 4) is 5.75 Å². The fourth-order valence-corrected chi connectivity index (χ4v) is 1.99. The second-order valence-electron chi connectivity index (χ2n) is 3.95. The van der Waals surface area contributed by atoms with Crippen LogP contribution in [-0.2, 0) is 16.8 Å². The molecule has 2 aromatic carbocycles. The van der Waals surface area contributed by atoms with Gasteiger partial charge in [0.25, 0.3) is 10.2 Å². The van der Waals surface area contributed by atoms with E-state index in [9.17, 15) is 8.42 Å². The van der Waals surface area contributed by atoms with E-state index in [2.05, 4.69) is 4.72 Å². The number of anilines is 1. The predicted molar refractivity (Wildman–Crippen MR) is 73.9 cm³/mol. The molecule has 0 spiro atoms. The van der Waals surface area contributed by atoms with Gasteiger partial charge < -0.3 is 4.74 Å². The Balaban J connectivity index is 1.96. The van der Waals surface area contributed by atoms with Crippen LogP contribution in [0.2, 0.25) is 0 Å². The van der Waals surface area contributed by atoms with Gasteiger partial charge in [0.1, 0.15) is 12.4 Å². The Morgan fingerprint density at radius 1 is 1.00 bits per heavy atom. The van der Waals surface area contributed by atoms with Crippen molar-refractivity contribution in [2.75, 3.05) is 4.72 Å². The standard InChI is InChI=1S/C13H14N2O3S/c14-19(16,17)15-12-6-8-13(9-7-12)18-10-11-4-2-1-3-5-11/h1-9,15H,10H2,(H2,14,16,17). The molecule has 0 unspecified atom stereocenters. The molecule has 3 N–H and O–H groups in total. The average molecular weight is 278 g/mol. The molecule has 5 nitrogen and oxygen atoms in total. The van der Waals surface area contributed by atoms with E-state index in [0.29, 0.717) is 18.0 Å². The van der Waals surface area contributed by atoms with E-state index in [1.807, 2.05) is 30.3 Å². The predicted octanol–water partition coefficient (Wildman–Crippen LogP) is 1.88. The van der Waals surface area contributed by atoms with Crippen molar-refractivity contribution in [3.63, 3.8) is 0 Å². The van der Waals surface area contributed by atoms with E-state index in [4.69, 9.17) is 9.88 Å². The zero-order chi connectivity index (χ0) is 13.7. The molecule has 100 valence electrons. The third kappa shape index (κ3) is 4.61. The van der Waals surface area contributed by atoms with Crippen molar-refractivity contribution in [2.45, 2.75) is 6.61 Å². The summed E-state index contributed by atoms with van der Waals surface area (Å²) in [5.41, 5.74) is 1.46. The average Bonchev–Trinajstić information content (AvgIpc) is 2.37. The largest absolute Gasteiger partial charge is 0.489 e. The minimum Gasteiger partial charge on any atom is -0.489 e. The lowest BCUT2D eigenvalue weighted by Gasteiger charge is -2.07. The lowest BCUT2D eigenvalue weighted by Crippen LogP contribution is -2.21. The van der Waals surface area contributed by atoms with Gasteiger partial charge in [0.2, 0.25) is 0 Å². The van der Waals surface area contributed by atoms with Crippen molar-refractivity contribution in [3.05, 3.63) is 60.2 Å². The van der Waals surface area contributed by atoms with E-state index < -0.39 is 10.2 Å².